The van der Waals surface area contributed by atoms with Crippen LogP contribution in [0, 0.1) is 6.92 Å². The fourth-order valence-corrected chi connectivity index (χ4v) is 2.22. The number of amides is 1. The van der Waals surface area contributed by atoms with Crippen molar-refractivity contribution in [2.45, 2.75) is 13.0 Å². The Morgan fingerprint density at radius 1 is 1.08 bits per heavy atom. The van der Waals surface area contributed by atoms with E-state index in [1.54, 1.807) is 13.0 Å². The lowest BCUT2D eigenvalue weighted by atomic mass is 10.2. The molecule has 0 fully saturated rings. The standard InChI is InChI=1S/C17H16ClF2NO4/c1-10-6-11(18)4-5-15(10)25-17(19,20)16(22)21-12-7-13(23-2)9-14(8-12)24-3/h4-9H,1-3H3,(H,21,22). The molecule has 0 saturated heterocycles. The van der Waals surface area contributed by atoms with Crippen LogP contribution in [0.4, 0.5) is 14.5 Å². The first-order valence-electron chi connectivity index (χ1n) is 7.12. The van der Waals surface area contributed by atoms with E-state index in [1.165, 1.54) is 44.6 Å². The molecule has 1 amide bonds. The minimum Gasteiger partial charge on any atom is -0.497 e. The number of hydrogen-bond donors (Lipinski definition) is 1. The van der Waals surface area contributed by atoms with E-state index >= 15 is 0 Å². The SMILES string of the molecule is COc1cc(NC(=O)C(F)(F)Oc2ccc(Cl)cc2C)cc(OC)c1. The molecule has 0 aromatic heterocycles. The van der Waals surface area contributed by atoms with Crippen molar-refractivity contribution in [2.75, 3.05) is 19.5 Å². The molecule has 0 radical (unpaired) electrons. The molecule has 2 rings (SSSR count). The highest BCUT2D eigenvalue weighted by Crippen LogP contribution is 2.30. The van der Waals surface area contributed by atoms with Gasteiger partial charge in [0.2, 0.25) is 0 Å². The molecule has 0 heterocycles. The highest BCUT2D eigenvalue weighted by Gasteiger charge is 2.42. The van der Waals surface area contributed by atoms with Crippen LogP contribution in [0.5, 0.6) is 17.2 Å². The third-order valence-electron chi connectivity index (χ3n) is 3.25. The zero-order valence-corrected chi connectivity index (χ0v) is 14.5. The first-order valence-corrected chi connectivity index (χ1v) is 7.50. The summed E-state index contributed by atoms with van der Waals surface area (Å²) >= 11 is 5.77. The molecule has 25 heavy (non-hydrogen) atoms. The predicted octanol–water partition coefficient (Wildman–Crippen LogP) is 4.28. The molecule has 2 aromatic carbocycles. The molecule has 0 aliphatic rings. The largest absolute Gasteiger partial charge is 0.497 e. The maximum absolute atomic E-state index is 14.1. The molecule has 5 nitrogen and oxygen atoms in total. The summed E-state index contributed by atoms with van der Waals surface area (Å²) in [5.41, 5.74) is 0.459. The van der Waals surface area contributed by atoms with Gasteiger partial charge in [-0.15, -0.1) is 0 Å². The molecule has 134 valence electrons. The van der Waals surface area contributed by atoms with Crippen molar-refractivity contribution in [3.05, 3.63) is 47.0 Å². The number of alkyl halides is 2. The first-order chi connectivity index (χ1) is 11.7. The molecule has 0 spiro atoms. The molecular formula is C17H16ClF2NO4. The van der Waals surface area contributed by atoms with E-state index in [0.29, 0.717) is 22.1 Å². The zero-order valence-electron chi connectivity index (χ0n) is 13.7. The first kappa shape index (κ1) is 18.8. The Labute approximate surface area is 148 Å². The Hall–Kier alpha value is -2.54. The Bertz CT molecular complexity index is 761. The second kappa shape index (κ2) is 7.57. The maximum atomic E-state index is 14.1. The van der Waals surface area contributed by atoms with Gasteiger partial charge in [-0.1, -0.05) is 11.6 Å². The number of nitrogens with one attached hydrogen (secondary N) is 1. The van der Waals surface area contributed by atoms with E-state index in [1.807, 2.05) is 0 Å². The van der Waals surface area contributed by atoms with Crippen LogP contribution in [-0.2, 0) is 4.79 Å². The van der Waals surface area contributed by atoms with Gasteiger partial charge in [0.05, 0.1) is 14.2 Å². The summed E-state index contributed by atoms with van der Waals surface area (Å²) < 4.78 is 42.8. The average Bonchev–Trinajstić information content (AvgIpc) is 2.56. The summed E-state index contributed by atoms with van der Waals surface area (Å²) in [6.45, 7) is 1.54. The third-order valence-corrected chi connectivity index (χ3v) is 3.48. The van der Waals surface area contributed by atoms with Gasteiger partial charge in [-0.05, 0) is 30.7 Å². The molecule has 2 aromatic rings. The molecule has 8 heteroatoms. The normalized spacial score (nSPS) is 11.0. The van der Waals surface area contributed by atoms with Crippen molar-refractivity contribution in [3.8, 4) is 17.2 Å². The fourth-order valence-electron chi connectivity index (χ4n) is 2.00. The minimum atomic E-state index is -4.09. The second-order valence-corrected chi connectivity index (χ2v) is 5.52. The Kier molecular flexibility index (Phi) is 5.69. The summed E-state index contributed by atoms with van der Waals surface area (Å²) in [4.78, 5) is 11.9. The van der Waals surface area contributed by atoms with Crippen LogP contribution >= 0.6 is 11.6 Å². The van der Waals surface area contributed by atoms with Crippen molar-refractivity contribution in [3.63, 3.8) is 0 Å². The number of aryl methyl sites for hydroxylation is 1. The van der Waals surface area contributed by atoms with Crippen LogP contribution in [0.2, 0.25) is 5.02 Å². The Morgan fingerprint density at radius 3 is 2.20 bits per heavy atom. The lowest BCUT2D eigenvalue weighted by Gasteiger charge is -2.19. The van der Waals surface area contributed by atoms with Gasteiger partial charge in [0.15, 0.2) is 0 Å². The zero-order chi connectivity index (χ0) is 18.6. The molecule has 0 aliphatic carbocycles. The van der Waals surface area contributed by atoms with Crippen molar-refractivity contribution in [1.82, 2.24) is 0 Å². The average molecular weight is 372 g/mol. The Balaban J connectivity index is 2.18. The van der Waals surface area contributed by atoms with E-state index in [4.69, 9.17) is 21.1 Å². The van der Waals surface area contributed by atoms with Crippen molar-refractivity contribution >= 4 is 23.2 Å². The molecular weight excluding hydrogens is 356 g/mol. The summed E-state index contributed by atoms with van der Waals surface area (Å²) in [7, 11) is 2.81. The number of methoxy groups -OCH3 is 2. The van der Waals surface area contributed by atoms with Crippen molar-refractivity contribution in [1.29, 1.82) is 0 Å². The number of benzene rings is 2. The number of rotatable bonds is 6. The maximum Gasteiger partial charge on any atom is 0.482 e. The highest BCUT2D eigenvalue weighted by molar-refractivity contribution is 6.30. The summed E-state index contributed by atoms with van der Waals surface area (Å²) in [6, 6.07) is 8.42. The molecule has 0 bridgehead atoms. The molecule has 0 saturated carbocycles. The monoisotopic (exact) mass is 371 g/mol. The number of carbonyl (C=O) groups is 1. The summed E-state index contributed by atoms with van der Waals surface area (Å²) in [5, 5.41) is 2.46. The van der Waals surface area contributed by atoms with Crippen LogP contribution < -0.4 is 19.5 Å². The Morgan fingerprint density at radius 2 is 1.68 bits per heavy atom. The quantitative estimate of drug-likeness (QED) is 0.823. The van der Waals surface area contributed by atoms with Crippen LogP contribution in [0.15, 0.2) is 36.4 Å². The number of carbonyl (C=O) groups excluding carboxylic acids is 1. The van der Waals surface area contributed by atoms with Gasteiger partial charge in [0, 0.05) is 28.9 Å². The van der Waals surface area contributed by atoms with E-state index < -0.39 is 12.0 Å². The molecule has 0 aliphatic heterocycles. The molecule has 0 atom stereocenters. The van der Waals surface area contributed by atoms with E-state index in [0.717, 1.165) is 0 Å². The lowest BCUT2D eigenvalue weighted by Crippen LogP contribution is -2.40. The second-order valence-electron chi connectivity index (χ2n) is 5.08. The van der Waals surface area contributed by atoms with Gasteiger partial charge in [0.25, 0.3) is 0 Å². The van der Waals surface area contributed by atoms with Gasteiger partial charge in [0.1, 0.15) is 17.2 Å². The van der Waals surface area contributed by atoms with E-state index in [-0.39, 0.29) is 11.4 Å². The van der Waals surface area contributed by atoms with Crippen molar-refractivity contribution < 1.29 is 27.8 Å². The molecule has 1 N–H and O–H groups in total. The van der Waals surface area contributed by atoms with E-state index in [9.17, 15) is 13.6 Å². The number of halogens is 3. The van der Waals surface area contributed by atoms with Crippen molar-refractivity contribution in [2.24, 2.45) is 0 Å². The third kappa shape index (κ3) is 4.73. The van der Waals surface area contributed by atoms with Crippen LogP contribution in [-0.4, -0.2) is 26.2 Å². The van der Waals surface area contributed by atoms with E-state index in [2.05, 4.69) is 10.1 Å². The number of ether oxygens (including phenoxy) is 3. The van der Waals surface area contributed by atoms with Gasteiger partial charge in [-0.3, -0.25) is 4.79 Å². The number of hydrogen-bond acceptors (Lipinski definition) is 4. The lowest BCUT2D eigenvalue weighted by molar-refractivity contribution is -0.187. The topological polar surface area (TPSA) is 56.8 Å². The van der Waals surface area contributed by atoms with Gasteiger partial charge >= 0.3 is 12.0 Å². The summed E-state index contributed by atoms with van der Waals surface area (Å²) in [5.74, 6) is -1.09. The number of anilines is 1. The van der Waals surface area contributed by atoms with Crippen LogP contribution in [0.3, 0.4) is 0 Å². The molecule has 0 unspecified atom stereocenters. The minimum absolute atomic E-state index is 0.0808. The highest BCUT2D eigenvalue weighted by atomic mass is 35.5. The smallest absolute Gasteiger partial charge is 0.482 e. The fraction of sp³-hybridized carbons (Fsp3) is 0.235. The van der Waals surface area contributed by atoms with Crippen LogP contribution in [0.1, 0.15) is 5.56 Å². The van der Waals surface area contributed by atoms with Gasteiger partial charge in [-0.2, -0.15) is 8.78 Å². The van der Waals surface area contributed by atoms with Gasteiger partial charge in [-0.25, -0.2) is 0 Å². The van der Waals surface area contributed by atoms with Gasteiger partial charge < -0.3 is 19.5 Å². The van der Waals surface area contributed by atoms with Crippen LogP contribution in [0.25, 0.3) is 0 Å². The summed E-state index contributed by atoms with van der Waals surface area (Å²) in [6.07, 6.45) is -4.09. The predicted molar refractivity (Wildman–Crippen MR) is 89.9 cm³/mol.